The molecule has 0 aromatic carbocycles. The highest BCUT2D eigenvalue weighted by Gasteiger charge is 2.26. The van der Waals surface area contributed by atoms with Crippen LogP contribution in [0, 0.1) is 5.92 Å². The Kier molecular flexibility index (Phi) is 5.40. The lowest BCUT2D eigenvalue weighted by Gasteiger charge is -2.30. The summed E-state index contributed by atoms with van der Waals surface area (Å²) in [6.07, 6.45) is 5.01. The van der Waals surface area contributed by atoms with Gasteiger partial charge < -0.3 is 10.2 Å². The summed E-state index contributed by atoms with van der Waals surface area (Å²) in [5, 5.41) is 3.38. The maximum Gasteiger partial charge on any atom is 0.231 e. The Morgan fingerprint density at radius 2 is 1.95 bits per heavy atom. The predicted octanol–water partition coefficient (Wildman–Crippen LogP) is 3.36. The molecule has 6 heteroatoms. The summed E-state index contributed by atoms with van der Waals surface area (Å²) in [5.74, 6) is 1.84. The third-order valence-corrected chi connectivity index (χ3v) is 3.68. The van der Waals surface area contributed by atoms with Gasteiger partial charge in [0.15, 0.2) is 0 Å². The van der Waals surface area contributed by atoms with E-state index in [2.05, 4.69) is 39.0 Å². The first kappa shape index (κ1) is 15.3. The van der Waals surface area contributed by atoms with Crippen LogP contribution in [0.15, 0.2) is 0 Å². The second-order valence-electron chi connectivity index (χ2n) is 5.74. The number of anilines is 2. The van der Waals surface area contributed by atoms with E-state index >= 15 is 0 Å². The molecule has 20 heavy (non-hydrogen) atoms. The summed E-state index contributed by atoms with van der Waals surface area (Å²) in [5.41, 5.74) is 0. The van der Waals surface area contributed by atoms with Crippen LogP contribution in [0.1, 0.15) is 46.5 Å². The maximum absolute atomic E-state index is 6.04. The fourth-order valence-electron chi connectivity index (χ4n) is 2.71. The molecule has 0 amide bonds. The van der Waals surface area contributed by atoms with E-state index in [4.69, 9.17) is 11.6 Å². The van der Waals surface area contributed by atoms with E-state index in [1.165, 1.54) is 25.7 Å². The highest BCUT2D eigenvalue weighted by atomic mass is 35.5. The average molecular weight is 298 g/mol. The largest absolute Gasteiger partial charge is 0.354 e. The Balaban J connectivity index is 2.26. The van der Waals surface area contributed by atoms with Gasteiger partial charge in [0.2, 0.25) is 17.2 Å². The van der Waals surface area contributed by atoms with Crippen molar-refractivity contribution in [1.29, 1.82) is 0 Å². The van der Waals surface area contributed by atoms with Crippen LogP contribution in [0.4, 0.5) is 11.9 Å². The van der Waals surface area contributed by atoms with Crippen molar-refractivity contribution in [1.82, 2.24) is 15.0 Å². The molecule has 0 atom stereocenters. The maximum atomic E-state index is 6.04. The number of halogens is 1. The van der Waals surface area contributed by atoms with Gasteiger partial charge in [0, 0.05) is 19.1 Å². The molecular formula is C14H24ClN5. The molecule has 1 N–H and O–H groups in total. The SMILES string of the molecule is CCNc1nc(Cl)nc(N(CC(C)C)C2CCCC2)n1. The van der Waals surface area contributed by atoms with Crippen molar-refractivity contribution >= 4 is 23.5 Å². The number of nitrogens with one attached hydrogen (secondary N) is 1. The quantitative estimate of drug-likeness (QED) is 0.872. The van der Waals surface area contributed by atoms with E-state index in [0.29, 0.717) is 23.9 Å². The minimum absolute atomic E-state index is 0.262. The fraction of sp³-hybridized carbons (Fsp3) is 0.786. The van der Waals surface area contributed by atoms with Crippen molar-refractivity contribution in [3.05, 3.63) is 5.28 Å². The van der Waals surface area contributed by atoms with Crippen molar-refractivity contribution in [3.8, 4) is 0 Å². The van der Waals surface area contributed by atoms with Crippen LogP contribution in [0.2, 0.25) is 5.28 Å². The molecule has 112 valence electrons. The number of aromatic nitrogens is 3. The summed E-state index contributed by atoms with van der Waals surface area (Å²) in [7, 11) is 0. The highest BCUT2D eigenvalue weighted by molar-refractivity contribution is 6.28. The molecule has 1 aromatic rings. The zero-order valence-electron chi connectivity index (χ0n) is 12.6. The standard InChI is InChI=1S/C14H24ClN5/c1-4-16-13-17-12(15)18-14(19-13)20(9-10(2)3)11-7-5-6-8-11/h10-11H,4-9H2,1-3H3,(H,16,17,18,19). The topological polar surface area (TPSA) is 53.9 Å². The van der Waals surface area contributed by atoms with E-state index < -0.39 is 0 Å². The Bertz CT molecular complexity index is 432. The van der Waals surface area contributed by atoms with Crippen LogP contribution >= 0.6 is 11.6 Å². The average Bonchev–Trinajstić information content (AvgIpc) is 2.89. The van der Waals surface area contributed by atoms with Gasteiger partial charge in [-0.2, -0.15) is 15.0 Å². The normalized spacial score (nSPS) is 15.8. The summed E-state index contributed by atoms with van der Waals surface area (Å²) >= 11 is 6.04. The molecular weight excluding hydrogens is 274 g/mol. The third-order valence-electron chi connectivity index (χ3n) is 3.52. The molecule has 0 spiro atoms. The Hall–Kier alpha value is -1.10. The van der Waals surface area contributed by atoms with Crippen molar-refractivity contribution in [2.75, 3.05) is 23.3 Å². The van der Waals surface area contributed by atoms with E-state index in [1.807, 2.05) is 6.92 Å². The smallest absolute Gasteiger partial charge is 0.231 e. The van der Waals surface area contributed by atoms with Gasteiger partial charge in [-0.25, -0.2) is 0 Å². The fourth-order valence-corrected chi connectivity index (χ4v) is 2.86. The molecule has 0 radical (unpaired) electrons. The zero-order valence-corrected chi connectivity index (χ0v) is 13.3. The lowest BCUT2D eigenvalue weighted by atomic mass is 10.1. The molecule has 0 saturated heterocycles. The molecule has 1 aromatic heterocycles. The van der Waals surface area contributed by atoms with Crippen molar-refractivity contribution in [2.45, 2.75) is 52.5 Å². The summed E-state index contributed by atoms with van der Waals surface area (Å²) < 4.78 is 0. The molecule has 0 aliphatic heterocycles. The van der Waals surface area contributed by atoms with Gasteiger partial charge in [0.25, 0.3) is 0 Å². The van der Waals surface area contributed by atoms with Gasteiger partial charge in [0.05, 0.1) is 0 Å². The van der Waals surface area contributed by atoms with Crippen molar-refractivity contribution < 1.29 is 0 Å². The molecule has 1 saturated carbocycles. The molecule has 1 aliphatic carbocycles. The van der Waals surface area contributed by atoms with Crippen molar-refractivity contribution in [3.63, 3.8) is 0 Å². The lowest BCUT2D eigenvalue weighted by molar-refractivity contribution is 0.525. The molecule has 0 unspecified atom stereocenters. The molecule has 1 fully saturated rings. The number of rotatable bonds is 6. The van der Waals surface area contributed by atoms with Gasteiger partial charge in [0.1, 0.15) is 0 Å². The van der Waals surface area contributed by atoms with Gasteiger partial charge in [-0.05, 0) is 37.3 Å². The van der Waals surface area contributed by atoms with Crippen LogP contribution in [-0.4, -0.2) is 34.1 Å². The lowest BCUT2D eigenvalue weighted by Crippen LogP contribution is -2.37. The van der Waals surface area contributed by atoms with Crippen LogP contribution < -0.4 is 10.2 Å². The zero-order chi connectivity index (χ0) is 14.5. The molecule has 1 heterocycles. The van der Waals surface area contributed by atoms with Gasteiger partial charge in [-0.3, -0.25) is 0 Å². The monoisotopic (exact) mass is 297 g/mol. The van der Waals surface area contributed by atoms with E-state index in [9.17, 15) is 0 Å². The first-order chi connectivity index (χ1) is 9.60. The molecule has 2 rings (SSSR count). The number of nitrogens with zero attached hydrogens (tertiary/aromatic N) is 4. The van der Waals surface area contributed by atoms with E-state index in [-0.39, 0.29) is 5.28 Å². The van der Waals surface area contributed by atoms with Gasteiger partial charge in [-0.15, -0.1) is 0 Å². The number of hydrogen-bond acceptors (Lipinski definition) is 5. The number of hydrogen-bond donors (Lipinski definition) is 1. The first-order valence-corrected chi connectivity index (χ1v) is 7.90. The first-order valence-electron chi connectivity index (χ1n) is 7.52. The molecule has 0 bridgehead atoms. The van der Waals surface area contributed by atoms with Crippen LogP contribution in [0.5, 0.6) is 0 Å². The summed E-state index contributed by atoms with van der Waals surface area (Å²) in [6, 6.07) is 0.533. The van der Waals surface area contributed by atoms with Gasteiger partial charge in [-0.1, -0.05) is 26.7 Å². The Labute approximate surface area is 126 Å². The highest BCUT2D eigenvalue weighted by Crippen LogP contribution is 2.28. The van der Waals surface area contributed by atoms with Gasteiger partial charge >= 0.3 is 0 Å². The van der Waals surface area contributed by atoms with E-state index in [1.54, 1.807) is 0 Å². The van der Waals surface area contributed by atoms with Crippen LogP contribution in [-0.2, 0) is 0 Å². The molecule has 1 aliphatic rings. The Morgan fingerprint density at radius 3 is 2.55 bits per heavy atom. The van der Waals surface area contributed by atoms with Crippen molar-refractivity contribution in [2.24, 2.45) is 5.92 Å². The predicted molar refractivity (Wildman–Crippen MR) is 83.4 cm³/mol. The van der Waals surface area contributed by atoms with Crippen LogP contribution in [0.3, 0.4) is 0 Å². The second-order valence-corrected chi connectivity index (χ2v) is 6.08. The Morgan fingerprint density at radius 1 is 1.25 bits per heavy atom. The van der Waals surface area contributed by atoms with E-state index in [0.717, 1.165) is 13.1 Å². The third kappa shape index (κ3) is 3.95. The summed E-state index contributed by atoms with van der Waals surface area (Å²) in [6.45, 7) is 8.18. The van der Waals surface area contributed by atoms with Crippen LogP contribution in [0.25, 0.3) is 0 Å². The minimum Gasteiger partial charge on any atom is -0.354 e. The second kappa shape index (κ2) is 7.07. The molecule has 5 nitrogen and oxygen atoms in total. The summed E-state index contributed by atoms with van der Waals surface area (Å²) in [4.78, 5) is 15.3. The minimum atomic E-state index is 0.262.